The molecule has 0 bridgehead atoms. The highest BCUT2D eigenvalue weighted by atomic mass is 16.5. The molecule has 1 heterocycles. The number of rotatable bonds is 7. The highest BCUT2D eigenvalue weighted by Gasteiger charge is 2.32. The van der Waals surface area contributed by atoms with Crippen LogP contribution in [0.15, 0.2) is 0 Å². The number of unbranched alkanes of at least 4 members (excludes halogenated alkanes) is 1. The Balaban J connectivity index is 2.02. The lowest BCUT2D eigenvalue weighted by atomic mass is 9.88. The number of ether oxygens (including phenoxy) is 1. The molecule has 1 N–H and O–H groups in total. The standard InChI is InChI=1S/C11H21NO2/c1-10(5-3-4-6-13)12-7-11(2)8-14-9-11/h6,10,12H,3-5,7-9H2,1-2H3. The van der Waals surface area contributed by atoms with Crippen LogP contribution in [-0.4, -0.2) is 32.1 Å². The molecule has 1 aliphatic heterocycles. The van der Waals surface area contributed by atoms with Crippen molar-refractivity contribution in [2.24, 2.45) is 5.41 Å². The molecular formula is C11H21NO2. The zero-order chi connectivity index (χ0) is 10.4. The van der Waals surface area contributed by atoms with Gasteiger partial charge in [0.05, 0.1) is 13.2 Å². The summed E-state index contributed by atoms with van der Waals surface area (Å²) in [6, 6.07) is 0.507. The van der Waals surface area contributed by atoms with Gasteiger partial charge in [0, 0.05) is 24.4 Å². The van der Waals surface area contributed by atoms with Crippen molar-refractivity contribution in [3.63, 3.8) is 0 Å². The summed E-state index contributed by atoms with van der Waals surface area (Å²) in [4.78, 5) is 10.1. The number of aldehydes is 1. The van der Waals surface area contributed by atoms with Gasteiger partial charge in [0.2, 0.25) is 0 Å². The molecule has 14 heavy (non-hydrogen) atoms. The van der Waals surface area contributed by atoms with Gasteiger partial charge in [-0.15, -0.1) is 0 Å². The summed E-state index contributed by atoms with van der Waals surface area (Å²) in [5.41, 5.74) is 0.346. The van der Waals surface area contributed by atoms with Crippen molar-refractivity contribution in [2.75, 3.05) is 19.8 Å². The smallest absolute Gasteiger partial charge is 0.119 e. The number of carbonyl (C=O) groups excluding carboxylic acids is 1. The average molecular weight is 199 g/mol. The van der Waals surface area contributed by atoms with Crippen molar-refractivity contribution in [1.29, 1.82) is 0 Å². The van der Waals surface area contributed by atoms with Gasteiger partial charge in [0.15, 0.2) is 0 Å². The van der Waals surface area contributed by atoms with Crippen LogP contribution in [0.4, 0.5) is 0 Å². The Morgan fingerprint density at radius 3 is 2.79 bits per heavy atom. The Kier molecular flexibility index (Phi) is 4.55. The highest BCUT2D eigenvalue weighted by Crippen LogP contribution is 2.25. The van der Waals surface area contributed by atoms with E-state index in [9.17, 15) is 4.79 Å². The van der Waals surface area contributed by atoms with Crippen LogP contribution < -0.4 is 5.32 Å². The second-order valence-electron chi connectivity index (χ2n) is 4.68. The zero-order valence-corrected chi connectivity index (χ0v) is 9.21. The molecule has 0 aromatic rings. The molecule has 1 saturated heterocycles. The molecule has 1 atom stereocenters. The Labute approximate surface area is 86.2 Å². The van der Waals surface area contributed by atoms with E-state index in [4.69, 9.17) is 4.74 Å². The maximum Gasteiger partial charge on any atom is 0.119 e. The Bertz CT molecular complexity index is 178. The second kappa shape index (κ2) is 5.47. The summed E-state index contributed by atoms with van der Waals surface area (Å²) in [6.45, 7) is 7.19. The fourth-order valence-electron chi connectivity index (χ4n) is 1.58. The maximum atomic E-state index is 10.1. The molecule has 1 rings (SSSR count). The lowest BCUT2D eigenvalue weighted by Crippen LogP contribution is -2.49. The first-order valence-electron chi connectivity index (χ1n) is 5.41. The molecule has 0 amide bonds. The fourth-order valence-corrected chi connectivity index (χ4v) is 1.58. The first-order chi connectivity index (χ1) is 6.66. The second-order valence-corrected chi connectivity index (χ2v) is 4.68. The minimum atomic E-state index is 0.346. The molecule has 0 radical (unpaired) electrons. The summed E-state index contributed by atoms with van der Waals surface area (Å²) >= 11 is 0. The number of nitrogens with one attached hydrogen (secondary N) is 1. The van der Waals surface area contributed by atoms with Gasteiger partial charge < -0.3 is 14.8 Å². The summed E-state index contributed by atoms with van der Waals surface area (Å²) in [7, 11) is 0. The highest BCUT2D eigenvalue weighted by molar-refractivity contribution is 5.48. The van der Waals surface area contributed by atoms with E-state index in [0.717, 1.165) is 38.9 Å². The average Bonchev–Trinajstić information content (AvgIpc) is 2.12. The Hall–Kier alpha value is -0.410. The van der Waals surface area contributed by atoms with Crippen molar-refractivity contribution in [3.8, 4) is 0 Å². The number of hydrogen-bond acceptors (Lipinski definition) is 3. The van der Waals surface area contributed by atoms with Crippen LogP contribution in [0.2, 0.25) is 0 Å². The van der Waals surface area contributed by atoms with Crippen LogP contribution >= 0.6 is 0 Å². The van der Waals surface area contributed by atoms with E-state index in [1.54, 1.807) is 0 Å². The van der Waals surface area contributed by atoms with Gasteiger partial charge in [-0.1, -0.05) is 6.92 Å². The molecule has 0 saturated carbocycles. The van der Waals surface area contributed by atoms with E-state index < -0.39 is 0 Å². The van der Waals surface area contributed by atoms with Gasteiger partial charge in [-0.25, -0.2) is 0 Å². The van der Waals surface area contributed by atoms with Crippen LogP contribution in [-0.2, 0) is 9.53 Å². The number of hydrogen-bond donors (Lipinski definition) is 1. The molecule has 1 aliphatic rings. The maximum absolute atomic E-state index is 10.1. The molecule has 0 aliphatic carbocycles. The summed E-state index contributed by atoms with van der Waals surface area (Å²) in [5, 5.41) is 3.49. The zero-order valence-electron chi connectivity index (χ0n) is 9.21. The van der Waals surface area contributed by atoms with Crippen molar-refractivity contribution in [2.45, 2.75) is 39.2 Å². The normalized spacial score (nSPS) is 21.3. The predicted octanol–water partition coefficient (Wildman–Crippen LogP) is 1.37. The van der Waals surface area contributed by atoms with Crippen LogP contribution in [0.25, 0.3) is 0 Å². The molecular weight excluding hydrogens is 178 g/mol. The topological polar surface area (TPSA) is 38.3 Å². The van der Waals surface area contributed by atoms with Crippen molar-refractivity contribution < 1.29 is 9.53 Å². The summed E-state index contributed by atoms with van der Waals surface area (Å²) in [5.74, 6) is 0. The monoisotopic (exact) mass is 199 g/mol. The third-order valence-electron chi connectivity index (χ3n) is 2.74. The van der Waals surface area contributed by atoms with Crippen molar-refractivity contribution in [1.82, 2.24) is 5.32 Å². The van der Waals surface area contributed by atoms with Gasteiger partial charge in [0.25, 0.3) is 0 Å². The number of carbonyl (C=O) groups is 1. The van der Waals surface area contributed by atoms with Crippen LogP contribution in [0, 0.1) is 5.41 Å². The van der Waals surface area contributed by atoms with E-state index in [0.29, 0.717) is 17.9 Å². The minimum absolute atomic E-state index is 0.346. The van der Waals surface area contributed by atoms with Crippen LogP contribution in [0.1, 0.15) is 33.1 Å². The molecule has 82 valence electrons. The van der Waals surface area contributed by atoms with E-state index in [1.165, 1.54) is 0 Å². The molecule has 0 aromatic carbocycles. The predicted molar refractivity (Wildman–Crippen MR) is 56.3 cm³/mol. The van der Waals surface area contributed by atoms with Crippen LogP contribution in [0.5, 0.6) is 0 Å². The largest absolute Gasteiger partial charge is 0.380 e. The molecule has 1 fully saturated rings. The lowest BCUT2D eigenvalue weighted by Gasteiger charge is -2.39. The summed E-state index contributed by atoms with van der Waals surface area (Å²) < 4.78 is 5.18. The fraction of sp³-hybridized carbons (Fsp3) is 0.909. The third kappa shape index (κ3) is 3.76. The van der Waals surface area contributed by atoms with Gasteiger partial charge in [-0.2, -0.15) is 0 Å². The molecule has 3 nitrogen and oxygen atoms in total. The quantitative estimate of drug-likeness (QED) is 0.497. The van der Waals surface area contributed by atoms with Crippen molar-refractivity contribution in [3.05, 3.63) is 0 Å². The van der Waals surface area contributed by atoms with Crippen molar-refractivity contribution >= 4 is 6.29 Å². The van der Waals surface area contributed by atoms with Gasteiger partial charge >= 0.3 is 0 Å². The van der Waals surface area contributed by atoms with Gasteiger partial charge in [0.1, 0.15) is 6.29 Å². The molecule has 0 spiro atoms. The Morgan fingerprint density at radius 1 is 1.57 bits per heavy atom. The van der Waals surface area contributed by atoms with E-state index in [-0.39, 0.29) is 0 Å². The minimum Gasteiger partial charge on any atom is -0.380 e. The van der Waals surface area contributed by atoms with Gasteiger partial charge in [-0.05, 0) is 19.8 Å². The summed E-state index contributed by atoms with van der Waals surface area (Å²) in [6.07, 6.45) is 3.75. The molecule has 1 unspecified atom stereocenters. The van der Waals surface area contributed by atoms with E-state index >= 15 is 0 Å². The first kappa shape index (κ1) is 11.7. The van der Waals surface area contributed by atoms with Crippen LogP contribution in [0.3, 0.4) is 0 Å². The Morgan fingerprint density at radius 2 is 2.29 bits per heavy atom. The van der Waals surface area contributed by atoms with Gasteiger partial charge in [-0.3, -0.25) is 0 Å². The van der Waals surface area contributed by atoms with E-state index in [1.807, 2.05) is 0 Å². The molecule has 0 aromatic heterocycles. The third-order valence-corrected chi connectivity index (χ3v) is 2.74. The SMILES string of the molecule is CC(CCCC=O)NCC1(C)COC1. The lowest BCUT2D eigenvalue weighted by molar-refractivity contribution is -0.108. The first-order valence-corrected chi connectivity index (χ1v) is 5.41. The van der Waals surface area contributed by atoms with E-state index in [2.05, 4.69) is 19.2 Å². The molecule has 3 heteroatoms.